The topological polar surface area (TPSA) is 64.6 Å². The first-order valence-corrected chi connectivity index (χ1v) is 10.2. The highest BCUT2D eigenvalue weighted by Crippen LogP contribution is 2.39. The molecule has 1 N–H and O–H groups in total. The number of carbonyl (C=O) groups excluding carboxylic acids is 1. The molecule has 138 valence electrons. The molecule has 0 fully saturated rings. The van der Waals surface area contributed by atoms with E-state index in [0.29, 0.717) is 37.9 Å². The van der Waals surface area contributed by atoms with Gasteiger partial charge in [-0.25, -0.2) is 0 Å². The Morgan fingerprint density at radius 3 is 2.71 bits per heavy atom. The maximum absolute atomic E-state index is 13.3. The lowest BCUT2D eigenvalue weighted by Gasteiger charge is -2.12. The van der Waals surface area contributed by atoms with Crippen molar-refractivity contribution < 1.29 is 14.3 Å². The highest BCUT2D eigenvalue weighted by Gasteiger charge is 2.20. The van der Waals surface area contributed by atoms with E-state index in [1.807, 2.05) is 35.7 Å². The number of nitrogens with one attached hydrogen (secondary N) is 1. The smallest absolute Gasteiger partial charge is 0.266 e. The summed E-state index contributed by atoms with van der Waals surface area (Å²) < 4.78 is 11.6. The van der Waals surface area contributed by atoms with Crippen molar-refractivity contribution >= 4 is 43.7 Å². The van der Waals surface area contributed by atoms with Crippen LogP contribution in [0.5, 0.6) is 11.5 Å². The van der Waals surface area contributed by atoms with Crippen molar-refractivity contribution in [3.8, 4) is 22.6 Å². The van der Waals surface area contributed by atoms with Gasteiger partial charge in [0.15, 0.2) is 16.9 Å². The molecule has 4 aromatic rings. The van der Waals surface area contributed by atoms with Gasteiger partial charge in [-0.1, -0.05) is 24.3 Å². The lowest BCUT2D eigenvalue weighted by atomic mass is 10.0. The number of hydrogen-bond donors (Lipinski definition) is 1. The number of carbonyl (C=O) groups is 1. The second-order valence-electron chi connectivity index (χ2n) is 6.13. The molecular formula is C21H13NO4S2. The summed E-state index contributed by atoms with van der Waals surface area (Å²) in [5, 5.41) is 5.91. The number of ether oxygens (including phenoxy) is 2. The zero-order valence-corrected chi connectivity index (χ0v) is 16.1. The maximum Gasteiger partial charge on any atom is 0.266 e. The summed E-state index contributed by atoms with van der Waals surface area (Å²) in [6.07, 6.45) is 0. The maximum atomic E-state index is 13.3. The van der Waals surface area contributed by atoms with Crippen LogP contribution in [0.25, 0.3) is 21.2 Å². The predicted molar refractivity (Wildman–Crippen MR) is 112 cm³/mol. The third-order valence-electron chi connectivity index (χ3n) is 4.43. The molecule has 0 bridgehead atoms. The summed E-state index contributed by atoms with van der Waals surface area (Å²) in [5.74, 6) is 0.998. The summed E-state index contributed by atoms with van der Waals surface area (Å²) in [4.78, 5) is 26.5. The molecule has 7 heteroatoms. The lowest BCUT2D eigenvalue weighted by Crippen LogP contribution is -2.14. The van der Waals surface area contributed by atoms with Gasteiger partial charge < -0.3 is 14.8 Å². The fraction of sp³-hybridized carbons (Fsp3) is 0.0476. The Kier molecular flexibility index (Phi) is 4.11. The van der Waals surface area contributed by atoms with E-state index in [1.165, 1.54) is 22.7 Å². The fourth-order valence-corrected chi connectivity index (χ4v) is 4.83. The molecule has 1 aliphatic rings. The number of benzene rings is 2. The van der Waals surface area contributed by atoms with Crippen molar-refractivity contribution in [2.75, 3.05) is 12.1 Å². The quantitative estimate of drug-likeness (QED) is 0.521. The number of fused-ring (bicyclic) bond motifs is 2. The van der Waals surface area contributed by atoms with E-state index < -0.39 is 0 Å². The third kappa shape index (κ3) is 2.85. The van der Waals surface area contributed by atoms with E-state index >= 15 is 0 Å². The molecule has 3 heterocycles. The van der Waals surface area contributed by atoms with E-state index in [9.17, 15) is 9.59 Å². The Morgan fingerprint density at radius 2 is 1.86 bits per heavy atom. The molecule has 0 saturated carbocycles. The summed E-state index contributed by atoms with van der Waals surface area (Å²) in [7, 11) is 0. The highest BCUT2D eigenvalue weighted by molar-refractivity contribution is 7.22. The van der Waals surface area contributed by atoms with E-state index in [2.05, 4.69) is 5.32 Å². The molecule has 0 unspecified atom stereocenters. The number of rotatable bonds is 3. The van der Waals surface area contributed by atoms with Gasteiger partial charge in [-0.3, -0.25) is 9.59 Å². The summed E-state index contributed by atoms with van der Waals surface area (Å²) in [6.45, 7) is 0.158. The van der Waals surface area contributed by atoms with Crippen LogP contribution >= 0.6 is 22.7 Å². The van der Waals surface area contributed by atoms with Gasteiger partial charge in [-0.05, 0) is 41.3 Å². The zero-order chi connectivity index (χ0) is 19.1. The Morgan fingerprint density at radius 1 is 1.00 bits per heavy atom. The first-order valence-electron chi connectivity index (χ1n) is 8.51. The Hall–Kier alpha value is -3.16. The van der Waals surface area contributed by atoms with E-state index in [1.54, 1.807) is 24.3 Å². The van der Waals surface area contributed by atoms with E-state index in [0.717, 1.165) is 4.70 Å². The molecule has 2 aromatic carbocycles. The van der Waals surface area contributed by atoms with Gasteiger partial charge in [0.05, 0.1) is 10.4 Å². The first-order chi connectivity index (χ1) is 13.7. The molecule has 2 aromatic heterocycles. The van der Waals surface area contributed by atoms with Crippen LogP contribution in [0.3, 0.4) is 0 Å². The van der Waals surface area contributed by atoms with Crippen molar-refractivity contribution in [1.82, 2.24) is 0 Å². The van der Waals surface area contributed by atoms with Crippen molar-refractivity contribution in [3.05, 3.63) is 75.1 Å². The van der Waals surface area contributed by atoms with Gasteiger partial charge in [-0.15, -0.1) is 22.7 Å². The molecule has 1 amide bonds. The number of hydrogen-bond acceptors (Lipinski definition) is 6. The molecule has 1 aliphatic heterocycles. The van der Waals surface area contributed by atoms with Gasteiger partial charge in [0.1, 0.15) is 5.00 Å². The van der Waals surface area contributed by atoms with E-state index in [-0.39, 0.29) is 18.1 Å². The van der Waals surface area contributed by atoms with Gasteiger partial charge in [0, 0.05) is 10.1 Å². The lowest BCUT2D eigenvalue weighted by molar-refractivity contribution is 0.103. The molecule has 0 saturated heterocycles. The molecule has 5 nitrogen and oxygen atoms in total. The summed E-state index contributed by atoms with van der Waals surface area (Å²) in [5.41, 5.74) is 0.999. The normalized spacial score (nSPS) is 12.3. The molecule has 0 radical (unpaired) electrons. The second kappa shape index (κ2) is 6.78. The van der Waals surface area contributed by atoms with Crippen LogP contribution in [-0.2, 0) is 0 Å². The Bertz CT molecular complexity index is 1260. The molecular weight excluding hydrogens is 394 g/mol. The van der Waals surface area contributed by atoms with Gasteiger partial charge in [-0.2, -0.15) is 0 Å². The molecule has 0 spiro atoms. The average Bonchev–Trinajstić information content (AvgIpc) is 3.40. The van der Waals surface area contributed by atoms with Crippen molar-refractivity contribution in [2.24, 2.45) is 0 Å². The largest absolute Gasteiger partial charge is 0.454 e. The van der Waals surface area contributed by atoms with Gasteiger partial charge in [0.2, 0.25) is 6.79 Å². The Balaban J connectivity index is 1.70. The summed E-state index contributed by atoms with van der Waals surface area (Å²) in [6, 6.07) is 16.3. The van der Waals surface area contributed by atoms with Crippen LogP contribution in [0.2, 0.25) is 0 Å². The highest BCUT2D eigenvalue weighted by atomic mass is 32.1. The van der Waals surface area contributed by atoms with Crippen LogP contribution in [0.4, 0.5) is 5.00 Å². The fourth-order valence-electron chi connectivity index (χ4n) is 3.12. The van der Waals surface area contributed by atoms with Crippen LogP contribution in [0, 0.1) is 0 Å². The van der Waals surface area contributed by atoms with Gasteiger partial charge >= 0.3 is 0 Å². The molecule has 0 aliphatic carbocycles. The van der Waals surface area contributed by atoms with E-state index in [4.69, 9.17) is 9.47 Å². The van der Waals surface area contributed by atoms with Crippen molar-refractivity contribution in [1.29, 1.82) is 0 Å². The standard InChI is InChI=1S/C21H13NO4S2/c23-19-13-4-1-2-5-16(13)28-21(22-20(24)17-6-3-9-27-17)18(19)12-7-8-14-15(10-12)26-11-25-14/h1-10H,11H2,(H,22,24). The average molecular weight is 407 g/mol. The summed E-state index contributed by atoms with van der Waals surface area (Å²) >= 11 is 2.74. The minimum absolute atomic E-state index is 0.130. The molecule has 5 rings (SSSR count). The monoisotopic (exact) mass is 407 g/mol. The molecule has 0 atom stereocenters. The number of anilines is 1. The van der Waals surface area contributed by atoms with Crippen LogP contribution < -0.4 is 20.2 Å². The Labute approximate surface area is 167 Å². The molecule has 28 heavy (non-hydrogen) atoms. The number of thiophene rings is 1. The van der Waals surface area contributed by atoms with Gasteiger partial charge in [0.25, 0.3) is 5.91 Å². The predicted octanol–water partition coefficient (Wildman–Crippen LogP) is 4.97. The second-order valence-corrected chi connectivity index (χ2v) is 8.13. The third-order valence-corrected chi connectivity index (χ3v) is 6.39. The first kappa shape index (κ1) is 17.0. The minimum Gasteiger partial charge on any atom is -0.454 e. The number of amides is 1. The minimum atomic E-state index is -0.233. The van der Waals surface area contributed by atoms with Crippen LogP contribution in [-0.4, -0.2) is 12.7 Å². The van der Waals surface area contributed by atoms with Crippen molar-refractivity contribution in [2.45, 2.75) is 0 Å². The van der Waals surface area contributed by atoms with Crippen LogP contribution in [0.1, 0.15) is 9.67 Å². The zero-order valence-electron chi connectivity index (χ0n) is 14.4. The SMILES string of the molecule is O=C(Nc1sc2ccccc2c(=O)c1-c1ccc2c(c1)OCO2)c1cccs1. The van der Waals surface area contributed by atoms with Crippen molar-refractivity contribution in [3.63, 3.8) is 0 Å². The van der Waals surface area contributed by atoms with Crippen LogP contribution in [0.15, 0.2) is 64.8 Å².